The van der Waals surface area contributed by atoms with E-state index in [0.717, 1.165) is 30.8 Å². The van der Waals surface area contributed by atoms with Crippen molar-refractivity contribution in [1.29, 1.82) is 0 Å². The second-order valence-corrected chi connectivity index (χ2v) is 6.48. The lowest BCUT2D eigenvalue weighted by atomic mass is 9.95. The van der Waals surface area contributed by atoms with Gasteiger partial charge in [-0.3, -0.25) is 4.79 Å². The van der Waals surface area contributed by atoms with Gasteiger partial charge < -0.3 is 9.72 Å². The van der Waals surface area contributed by atoms with E-state index in [1.54, 1.807) is 6.07 Å². The van der Waals surface area contributed by atoms with Crippen molar-refractivity contribution in [2.24, 2.45) is 0 Å². The highest BCUT2D eigenvalue weighted by Crippen LogP contribution is 2.35. The molecular formula is C17H20N2O2. The van der Waals surface area contributed by atoms with Crippen LogP contribution in [0.4, 0.5) is 0 Å². The van der Waals surface area contributed by atoms with Crippen LogP contribution in [-0.4, -0.2) is 16.6 Å². The van der Waals surface area contributed by atoms with Crippen molar-refractivity contribution in [1.82, 2.24) is 9.97 Å². The maximum Gasteiger partial charge on any atom is 0.251 e. The van der Waals surface area contributed by atoms with E-state index in [2.05, 4.69) is 16.0 Å². The summed E-state index contributed by atoms with van der Waals surface area (Å²) >= 11 is 0. The third-order valence-electron chi connectivity index (χ3n) is 3.66. The van der Waals surface area contributed by atoms with E-state index < -0.39 is 0 Å². The van der Waals surface area contributed by atoms with Gasteiger partial charge in [0.05, 0.1) is 12.3 Å². The van der Waals surface area contributed by atoms with Gasteiger partial charge in [-0.2, -0.15) is 0 Å². The molecule has 0 radical (unpaired) electrons. The first-order chi connectivity index (χ1) is 9.95. The molecule has 3 rings (SSSR count). The van der Waals surface area contributed by atoms with Gasteiger partial charge in [-0.05, 0) is 24.5 Å². The minimum atomic E-state index is -0.204. The van der Waals surface area contributed by atoms with Gasteiger partial charge in [-0.15, -0.1) is 0 Å². The van der Waals surface area contributed by atoms with E-state index in [-0.39, 0.29) is 11.0 Å². The van der Waals surface area contributed by atoms with Crippen molar-refractivity contribution < 1.29 is 4.74 Å². The van der Waals surface area contributed by atoms with Crippen LogP contribution in [0, 0.1) is 0 Å². The van der Waals surface area contributed by atoms with Crippen molar-refractivity contribution in [2.45, 2.75) is 39.0 Å². The number of aryl methyl sites for hydroxylation is 1. The number of para-hydroxylation sites is 1. The summed E-state index contributed by atoms with van der Waals surface area (Å²) < 4.78 is 5.82. The fourth-order valence-corrected chi connectivity index (χ4v) is 2.54. The minimum absolute atomic E-state index is 0.127. The molecule has 0 spiro atoms. The third kappa shape index (κ3) is 2.71. The normalized spacial score (nSPS) is 14.4. The molecule has 1 aromatic carbocycles. The maximum absolute atomic E-state index is 12.0. The number of benzene rings is 1. The van der Waals surface area contributed by atoms with Gasteiger partial charge in [0.25, 0.3) is 5.56 Å². The Balaban J connectivity index is 2.17. The number of rotatable bonds is 1. The Kier molecular flexibility index (Phi) is 3.32. The summed E-state index contributed by atoms with van der Waals surface area (Å²) in [4.78, 5) is 19.4. The fourth-order valence-electron chi connectivity index (χ4n) is 2.54. The van der Waals surface area contributed by atoms with Crippen molar-refractivity contribution >= 4 is 0 Å². The van der Waals surface area contributed by atoms with E-state index in [1.165, 1.54) is 5.56 Å². The largest absolute Gasteiger partial charge is 0.493 e. The molecule has 1 aromatic heterocycles. The molecule has 1 aliphatic rings. The predicted molar refractivity (Wildman–Crippen MR) is 82.8 cm³/mol. The average Bonchev–Trinajstić information content (AvgIpc) is 2.45. The molecule has 4 nitrogen and oxygen atoms in total. The number of nitrogens with zero attached hydrogens (tertiary/aromatic N) is 1. The predicted octanol–water partition coefficient (Wildman–Crippen LogP) is 3.06. The number of nitrogens with one attached hydrogen (secondary N) is 1. The Bertz CT molecular complexity index is 726. The molecule has 0 saturated heterocycles. The van der Waals surface area contributed by atoms with Gasteiger partial charge in [0.2, 0.25) is 0 Å². The molecule has 0 amide bonds. The monoisotopic (exact) mass is 284 g/mol. The van der Waals surface area contributed by atoms with Crippen molar-refractivity contribution in [3.63, 3.8) is 0 Å². The van der Waals surface area contributed by atoms with Crippen molar-refractivity contribution in [3.05, 3.63) is 46.0 Å². The van der Waals surface area contributed by atoms with Crippen LogP contribution >= 0.6 is 0 Å². The van der Waals surface area contributed by atoms with Gasteiger partial charge >= 0.3 is 0 Å². The van der Waals surface area contributed by atoms with E-state index in [0.29, 0.717) is 11.5 Å². The molecule has 0 unspecified atom stereocenters. The third-order valence-corrected chi connectivity index (χ3v) is 3.66. The lowest BCUT2D eigenvalue weighted by Crippen LogP contribution is -2.22. The van der Waals surface area contributed by atoms with Crippen LogP contribution in [0.1, 0.15) is 38.6 Å². The number of aromatic amines is 1. The number of hydrogen-bond donors (Lipinski definition) is 1. The van der Waals surface area contributed by atoms with Crippen molar-refractivity contribution in [3.8, 4) is 17.0 Å². The molecule has 0 atom stereocenters. The summed E-state index contributed by atoms with van der Waals surface area (Å²) in [6, 6.07) is 7.60. The number of ether oxygens (including phenoxy) is 1. The average molecular weight is 284 g/mol. The second-order valence-electron chi connectivity index (χ2n) is 6.48. The summed E-state index contributed by atoms with van der Waals surface area (Å²) in [5.41, 5.74) is 2.45. The highest BCUT2D eigenvalue weighted by Gasteiger charge is 2.21. The standard InChI is InChI=1S/C17H20N2O2/c1-17(2,3)16-18-13(10-14(20)19-16)12-8-4-6-11-7-5-9-21-15(11)12/h4,6,8,10H,5,7,9H2,1-3H3,(H,18,19,20). The topological polar surface area (TPSA) is 55.0 Å². The molecule has 1 N–H and O–H groups in total. The summed E-state index contributed by atoms with van der Waals surface area (Å²) in [6.07, 6.45) is 2.05. The first kappa shape index (κ1) is 13.9. The van der Waals surface area contributed by atoms with E-state index in [1.807, 2.05) is 32.9 Å². The molecule has 4 heteroatoms. The van der Waals surface area contributed by atoms with Crippen LogP contribution in [0.5, 0.6) is 5.75 Å². The summed E-state index contributed by atoms with van der Waals surface area (Å²) in [7, 11) is 0. The summed E-state index contributed by atoms with van der Waals surface area (Å²) in [5.74, 6) is 1.57. The maximum atomic E-state index is 12.0. The molecule has 2 aromatic rings. The van der Waals surface area contributed by atoms with E-state index in [9.17, 15) is 4.79 Å². The molecule has 21 heavy (non-hydrogen) atoms. The number of H-pyrrole nitrogens is 1. The summed E-state index contributed by atoms with van der Waals surface area (Å²) in [6.45, 7) is 6.82. The molecule has 0 saturated carbocycles. The molecule has 0 aliphatic carbocycles. The molecular weight excluding hydrogens is 264 g/mol. The Morgan fingerprint density at radius 2 is 2.10 bits per heavy atom. The van der Waals surface area contributed by atoms with Crippen LogP contribution in [-0.2, 0) is 11.8 Å². The molecule has 1 aliphatic heterocycles. The minimum Gasteiger partial charge on any atom is -0.493 e. The first-order valence-corrected chi connectivity index (χ1v) is 7.32. The van der Waals surface area contributed by atoms with Crippen molar-refractivity contribution in [2.75, 3.05) is 6.61 Å². The Morgan fingerprint density at radius 1 is 1.29 bits per heavy atom. The highest BCUT2D eigenvalue weighted by atomic mass is 16.5. The van der Waals surface area contributed by atoms with Gasteiger partial charge in [-0.25, -0.2) is 4.98 Å². The number of aromatic nitrogens is 2. The zero-order chi connectivity index (χ0) is 15.0. The number of hydrogen-bond acceptors (Lipinski definition) is 3. The van der Waals surface area contributed by atoms with E-state index >= 15 is 0 Å². The SMILES string of the molecule is CC(C)(C)c1nc(-c2cccc3c2OCCC3)cc(=O)[nH]1. The Labute approximate surface area is 124 Å². The lowest BCUT2D eigenvalue weighted by molar-refractivity contribution is 0.289. The fraction of sp³-hybridized carbons (Fsp3) is 0.412. The second kappa shape index (κ2) is 5.02. The van der Waals surface area contributed by atoms with Gasteiger partial charge in [0.15, 0.2) is 0 Å². The molecule has 0 fully saturated rings. The molecule has 110 valence electrons. The van der Waals surface area contributed by atoms with Gasteiger partial charge in [-0.1, -0.05) is 32.9 Å². The Hall–Kier alpha value is -2.10. The molecule has 0 bridgehead atoms. The zero-order valence-electron chi connectivity index (χ0n) is 12.7. The Morgan fingerprint density at radius 3 is 2.86 bits per heavy atom. The van der Waals surface area contributed by atoms with Gasteiger partial charge in [0.1, 0.15) is 11.6 Å². The molecule has 2 heterocycles. The lowest BCUT2D eigenvalue weighted by Gasteiger charge is -2.21. The quantitative estimate of drug-likeness (QED) is 0.875. The van der Waals surface area contributed by atoms with Gasteiger partial charge in [0, 0.05) is 17.0 Å². The summed E-state index contributed by atoms with van der Waals surface area (Å²) in [5, 5.41) is 0. The number of fused-ring (bicyclic) bond motifs is 1. The van der Waals surface area contributed by atoms with Crippen LogP contribution in [0.25, 0.3) is 11.3 Å². The van der Waals surface area contributed by atoms with Crippen LogP contribution in [0.3, 0.4) is 0 Å². The first-order valence-electron chi connectivity index (χ1n) is 7.32. The van der Waals surface area contributed by atoms with Crippen LogP contribution in [0.2, 0.25) is 0 Å². The van der Waals surface area contributed by atoms with E-state index in [4.69, 9.17) is 4.74 Å². The van der Waals surface area contributed by atoms with Crippen LogP contribution < -0.4 is 10.3 Å². The van der Waals surface area contributed by atoms with Crippen LogP contribution in [0.15, 0.2) is 29.1 Å². The smallest absolute Gasteiger partial charge is 0.251 e. The zero-order valence-corrected chi connectivity index (χ0v) is 12.7. The highest BCUT2D eigenvalue weighted by molar-refractivity contribution is 5.69.